The Labute approximate surface area is 153 Å². The number of rotatable bonds is 3. The molecule has 140 valence electrons. The van der Waals surface area contributed by atoms with Crippen LogP contribution in [-0.4, -0.2) is 41.6 Å². The van der Waals surface area contributed by atoms with Crippen LogP contribution >= 0.6 is 11.6 Å². The summed E-state index contributed by atoms with van der Waals surface area (Å²) in [4.78, 5) is 14.0. The molecule has 2 rings (SSSR count). The third-order valence-corrected chi connectivity index (χ3v) is 4.22. The van der Waals surface area contributed by atoms with Gasteiger partial charge in [0.1, 0.15) is 17.9 Å². The number of carbonyl (C=O) groups excluding carboxylic acids is 1. The smallest absolute Gasteiger partial charge is 0.413 e. The van der Waals surface area contributed by atoms with Crippen molar-refractivity contribution in [3.8, 4) is 5.75 Å². The lowest BCUT2D eigenvalue weighted by Crippen LogP contribution is -2.51. The van der Waals surface area contributed by atoms with Crippen LogP contribution in [0.5, 0.6) is 5.75 Å². The quantitative estimate of drug-likeness (QED) is 0.780. The van der Waals surface area contributed by atoms with E-state index >= 15 is 0 Å². The van der Waals surface area contributed by atoms with E-state index in [1.165, 1.54) is 17.0 Å². The molecule has 7 heteroatoms. The summed E-state index contributed by atoms with van der Waals surface area (Å²) in [6, 6.07) is 2.35. The van der Waals surface area contributed by atoms with Crippen LogP contribution < -0.4 is 4.74 Å². The number of hydrogen-bond acceptors (Lipinski definition) is 4. The molecule has 1 heterocycles. The molecule has 1 saturated heterocycles. The van der Waals surface area contributed by atoms with Gasteiger partial charge in [-0.15, -0.1) is 0 Å². The number of carbonyl (C=O) groups is 1. The zero-order valence-electron chi connectivity index (χ0n) is 15.5. The minimum Gasteiger partial charge on any atom is -0.488 e. The Bertz CT molecular complexity index is 657. The van der Waals surface area contributed by atoms with Crippen molar-refractivity contribution >= 4 is 17.7 Å². The standard InChI is InChI=1S/C18H25ClFNO4/c1-11-7-14(20)15(8-13(11)19)23-9-12-10-24-18(5,6)21(12)16(22)25-17(2,3)4/h7-8,12H,9-10H2,1-6H3. The average molecular weight is 374 g/mol. The van der Waals surface area contributed by atoms with E-state index in [4.69, 9.17) is 25.8 Å². The van der Waals surface area contributed by atoms with Gasteiger partial charge in [-0.1, -0.05) is 11.6 Å². The number of ether oxygens (including phenoxy) is 3. The Hall–Kier alpha value is -1.53. The first-order chi connectivity index (χ1) is 11.4. The highest BCUT2D eigenvalue weighted by Crippen LogP contribution is 2.31. The highest BCUT2D eigenvalue weighted by atomic mass is 35.5. The van der Waals surface area contributed by atoms with Crippen molar-refractivity contribution in [3.05, 3.63) is 28.5 Å². The Morgan fingerprint density at radius 2 is 2.08 bits per heavy atom. The fourth-order valence-electron chi connectivity index (χ4n) is 2.61. The van der Waals surface area contributed by atoms with Gasteiger partial charge >= 0.3 is 6.09 Å². The molecule has 1 atom stereocenters. The summed E-state index contributed by atoms with van der Waals surface area (Å²) in [5, 5.41) is 0.420. The van der Waals surface area contributed by atoms with E-state index in [2.05, 4.69) is 0 Å². The van der Waals surface area contributed by atoms with Gasteiger partial charge in [-0.05, 0) is 53.2 Å². The van der Waals surface area contributed by atoms with Crippen molar-refractivity contribution in [2.75, 3.05) is 13.2 Å². The summed E-state index contributed by atoms with van der Waals surface area (Å²) in [6.45, 7) is 11.0. The predicted molar refractivity (Wildman–Crippen MR) is 93.5 cm³/mol. The van der Waals surface area contributed by atoms with Crippen LogP contribution in [0.25, 0.3) is 0 Å². The van der Waals surface area contributed by atoms with Crippen molar-refractivity contribution in [3.63, 3.8) is 0 Å². The maximum atomic E-state index is 14.0. The number of benzene rings is 1. The minimum atomic E-state index is -0.834. The van der Waals surface area contributed by atoms with Crippen molar-refractivity contribution in [1.82, 2.24) is 4.90 Å². The lowest BCUT2D eigenvalue weighted by Gasteiger charge is -2.35. The van der Waals surface area contributed by atoms with Gasteiger partial charge in [0.05, 0.1) is 12.6 Å². The first kappa shape index (κ1) is 19.8. The first-order valence-corrected chi connectivity index (χ1v) is 8.53. The lowest BCUT2D eigenvalue weighted by molar-refractivity contribution is -0.0637. The Balaban J connectivity index is 2.12. The molecule has 25 heavy (non-hydrogen) atoms. The van der Waals surface area contributed by atoms with Crippen molar-refractivity contribution in [2.45, 2.75) is 58.9 Å². The van der Waals surface area contributed by atoms with Crippen LogP contribution in [0.2, 0.25) is 5.02 Å². The number of hydrogen-bond donors (Lipinski definition) is 0. The maximum absolute atomic E-state index is 14.0. The molecule has 0 N–H and O–H groups in total. The van der Waals surface area contributed by atoms with Gasteiger partial charge in [0, 0.05) is 11.1 Å². The fraction of sp³-hybridized carbons (Fsp3) is 0.611. The molecular weight excluding hydrogens is 349 g/mol. The van der Waals surface area contributed by atoms with Gasteiger partial charge in [0.15, 0.2) is 11.6 Å². The zero-order valence-corrected chi connectivity index (χ0v) is 16.2. The molecule has 1 aliphatic rings. The minimum absolute atomic E-state index is 0.0458. The van der Waals surface area contributed by atoms with E-state index in [-0.39, 0.29) is 19.0 Å². The van der Waals surface area contributed by atoms with E-state index in [0.29, 0.717) is 10.6 Å². The molecule has 1 unspecified atom stereocenters. The number of halogens is 2. The number of aryl methyl sites for hydroxylation is 1. The fourth-order valence-corrected chi connectivity index (χ4v) is 2.76. The third-order valence-electron chi connectivity index (χ3n) is 3.81. The average Bonchev–Trinajstić information content (AvgIpc) is 2.74. The maximum Gasteiger partial charge on any atom is 0.413 e. The van der Waals surface area contributed by atoms with Gasteiger partial charge in [-0.25, -0.2) is 9.18 Å². The van der Waals surface area contributed by atoms with Crippen molar-refractivity contribution < 1.29 is 23.4 Å². The Morgan fingerprint density at radius 3 is 2.68 bits per heavy atom. The molecule has 1 aromatic rings. The summed E-state index contributed by atoms with van der Waals surface area (Å²) in [5.74, 6) is -0.451. The third kappa shape index (κ3) is 4.76. The predicted octanol–water partition coefficient (Wildman–Crippen LogP) is 4.54. The molecule has 1 aliphatic heterocycles. The molecule has 0 aromatic heterocycles. The van der Waals surface area contributed by atoms with Crippen LogP contribution in [-0.2, 0) is 9.47 Å². The van der Waals surface area contributed by atoms with E-state index in [1.807, 2.05) is 0 Å². The van der Waals surface area contributed by atoms with Crippen molar-refractivity contribution in [2.24, 2.45) is 0 Å². The Morgan fingerprint density at radius 1 is 1.44 bits per heavy atom. The molecule has 5 nitrogen and oxygen atoms in total. The summed E-state index contributed by atoms with van der Waals surface area (Å²) >= 11 is 6.02. The van der Waals surface area contributed by atoms with Crippen LogP contribution in [0.15, 0.2) is 12.1 Å². The molecule has 1 fully saturated rings. The van der Waals surface area contributed by atoms with Crippen LogP contribution in [0.1, 0.15) is 40.2 Å². The molecule has 0 radical (unpaired) electrons. The van der Waals surface area contributed by atoms with Gasteiger partial charge < -0.3 is 14.2 Å². The second-order valence-corrected chi connectivity index (χ2v) is 8.01. The molecule has 0 saturated carbocycles. The summed E-state index contributed by atoms with van der Waals surface area (Å²) in [7, 11) is 0. The van der Waals surface area contributed by atoms with E-state index < -0.39 is 29.3 Å². The highest BCUT2D eigenvalue weighted by molar-refractivity contribution is 6.31. The van der Waals surface area contributed by atoms with Gasteiger partial charge in [0.2, 0.25) is 0 Å². The van der Waals surface area contributed by atoms with Crippen molar-refractivity contribution in [1.29, 1.82) is 0 Å². The van der Waals surface area contributed by atoms with Gasteiger partial charge in [-0.3, -0.25) is 4.90 Å². The molecule has 1 aromatic carbocycles. The molecule has 1 amide bonds. The monoisotopic (exact) mass is 373 g/mol. The second kappa shape index (κ2) is 7.00. The Kier molecular flexibility index (Phi) is 5.54. The van der Waals surface area contributed by atoms with Crippen LogP contribution in [0.4, 0.5) is 9.18 Å². The van der Waals surface area contributed by atoms with Crippen LogP contribution in [0, 0.1) is 12.7 Å². The normalized spacial score (nSPS) is 19.8. The van der Waals surface area contributed by atoms with E-state index in [1.54, 1.807) is 41.5 Å². The highest BCUT2D eigenvalue weighted by Gasteiger charge is 2.46. The summed E-state index contributed by atoms with van der Waals surface area (Å²) < 4.78 is 30.7. The SMILES string of the molecule is Cc1cc(F)c(OCC2COC(C)(C)N2C(=O)OC(C)(C)C)cc1Cl. The molecule has 0 bridgehead atoms. The summed E-state index contributed by atoms with van der Waals surface area (Å²) in [6.07, 6.45) is -0.494. The van der Waals surface area contributed by atoms with E-state index in [0.717, 1.165) is 0 Å². The largest absolute Gasteiger partial charge is 0.488 e. The topological polar surface area (TPSA) is 48.0 Å². The lowest BCUT2D eigenvalue weighted by atomic mass is 10.2. The summed E-state index contributed by atoms with van der Waals surface area (Å²) in [5.41, 5.74) is -0.829. The van der Waals surface area contributed by atoms with Crippen LogP contribution in [0.3, 0.4) is 0 Å². The second-order valence-electron chi connectivity index (χ2n) is 7.60. The zero-order chi connectivity index (χ0) is 19.0. The number of amides is 1. The van der Waals surface area contributed by atoms with Gasteiger partial charge in [-0.2, -0.15) is 0 Å². The number of nitrogens with zero attached hydrogens (tertiary/aromatic N) is 1. The molecular formula is C18H25ClFNO4. The van der Waals surface area contributed by atoms with E-state index in [9.17, 15) is 9.18 Å². The molecule has 0 aliphatic carbocycles. The first-order valence-electron chi connectivity index (χ1n) is 8.15. The van der Waals surface area contributed by atoms with Gasteiger partial charge in [0.25, 0.3) is 0 Å². The molecule has 0 spiro atoms.